The number of aliphatic hydroxyl groups is 1. The molecule has 3 aliphatic carbocycles. The Morgan fingerprint density at radius 3 is 2.48 bits per heavy atom. The van der Waals surface area contributed by atoms with Gasteiger partial charge in [0.1, 0.15) is 17.3 Å². The van der Waals surface area contributed by atoms with Crippen molar-refractivity contribution < 1.29 is 38.6 Å². The smallest absolute Gasteiger partial charge is 0.235 e. The van der Waals surface area contributed by atoms with E-state index in [4.69, 9.17) is 10.2 Å². The number of phenolic OH excluding ortho intramolecular Hbond substituents is 1. The van der Waals surface area contributed by atoms with Crippen molar-refractivity contribution in [3.05, 3.63) is 41.2 Å². The molecule has 2 saturated carbocycles. The number of benzene rings is 1. The number of furan rings is 1. The predicted octanol–water partition coefficient (Wildman–Crippen LogP) is 0.625. The van der Waals surface area contributed by atoms with E-state index in [0.717, 1.165) is 0 Å². The Bertz CT molecular complexity index is 1440. The molecule has 2 aromatic rings. The minimum atomic E-state index is -2.75. The molecule has 1 aromatic heterocycles. The molecule has 1 amide bonds. The summed E-state index contributed by atoms with van der Waals surface area (Å²) in [5.74, 6) is -9.56. The van der Waals surface area contributed by atoms with E-state index in [1.54, 1.807) is 26.2 Å². The predicted molar refractivity (Wildman–Crippen MR) is 141 cm³/mol. The summed E-state index contributed by atoms with van der Waals surface area (Å²) in [5, 5.41) is 25.7. The number of fused-ring (bicyclic) bond motifs is 3. The van der Waals surface area contributed by atoms with E-state index in [1.807, 2.05) is 19.9 Å². The number of ketones is 4. The lowest BCUT2D eigenvalue weighted by atomic mass is 9.52. The van der Waals surface area contributed by atoms with Crippen LogP contribution in [0.1, 0.15) is 41.9 Å². The molecule has 0 aliphatic heterocycles. The number of amides is 1. The lowest BCUT2D eigenvalue weighted by molar-refractivity contribution is -0.181. The fraction of sp³-hybridized carbons (Fsp3) is 0.483. The molecular formula is C29H33N3O8. The van der Waals surface area contributed by atoms with E-state index in [9.17, 15) is 34.2 Å². The van der Waals surface area contributed by atoms with Crippen molar-refractivity contribution in [1.29, 1.82) is 0 Å². The third-order valence-electron chi connectivity index (χ3n) is 8.56. The van der Waals surface area contributed by atoms with Gasteiger partial charge in [0.05, 0.1) is 24.1 Å². The molecule has 212 valence electrons. The second-order valence-corrected chi connectivity index (χ2v) is 11.6. The third-order valence-corrected chi connectivity index (χ3v) is 8.56. The van der Waals surface area contributed by atoms with Gasteiger partial charge in [-0.25, -0.2) is 0 Å². The number of carbonyl (C=O) groups is 5. The maximum atomic E-state index is 13.9. The number of rotatable bonds is 6. The minimum absolute atomic E-state index is 0.0132. The first-order chi connectivity index (χ1) is 18.8. The van der Waals surface area contributed by atoms with E-state index in [1.165, 1.54) is 11.0 Å². The number of primary amides is 1. The molecule has 0 bridgehead atoms. The van der Waals surface area contributed by atoms with Gasteiger partial charge < -0.3 is 25.7 Å². The van der Waals surface area contributed by atoms with Crippen molar-refractivity contribution >= 4 is 29.0 Å². The first-order valence-corrected chi connectivity index (χ1v) is 13.3. The van der Waals surface area contributed by atoms with Gasteiger partial charge in [0.2, 0.25) is 5.91 Å². The molecule has 1 heterocycles. The van der Waals surface area contributed by atoms with Crippen LogP contribution in [0.5, 0.6) is 5.75 Å². The van der Waals surface area contributed by atoms with E-state index < -0.39 is 64.4 Å². The highest BCUT2D eigenvalue weighted by molar-refractivity contribution is 6.32. The molecule has 1 aromatic carbocycles. The average Bonchev–Trinajstić information content (AvgIpc) is 3.33. The molecule has 11 heteroatoms. The van der Waals surface area contributed by atoms with E-state index in [2.05, 4.69) is 5.32 Å². The summed E-state index contributed by atoms with van der Waals surface area (Å²) in [5.41, 5.74) is 3.61. The maximum absolute atomic E-state index is 13.9. The number of hydrogen-bond acceptors (Lipinski definition) is 10. The van der Waals surface area contributed by atoms with Gasteiger partial charge in [-0.05, 0) is 62.7 Å². The van der Waals surface area contributed by atoms with Crippen molar-refractivity contribution in [1.82, 2.24) is 10.2 Å². The lowest BCUT2D eigenvalue weighted by Gasteiger charge is -2.52. The van der Waals surface area contributed by atoms with Gasteiger partial charge in [-0.15, -0.1) is 0 Å². The summed E-state index contributed by atoms with van der Waals surface area (Å²) in [4.78, 5) is 67.9. The SMILES string of the molecule is CC(C)NCc1ccc(-c2ccc(O)c3c2C[C@H]2C[C@H]4[C@H](N(C)C)C(=O)C(C(N)=O)C(=O)[C@@]4(O)C(=O)C2C3=O)o1. The molecule has 11 nitrogen and oxygen atoms in total. The second-order valence-electron chi connectivity index (χ2n) is 11.6. The zero-order valence-electron chi connectivity index (χ0n) is 22.8. The molecule has 0 spiro atoms. The van der Waals surface area contributed by atoms with Crippen LogP contribution in [0.3, 0.4) is 0 Å². The molecule has 5 rings (SSSR count). The maximum Gasteiger partial charge on any atom is 0.235 e. The highest BCUT2D eigenvalue weighted by Crippen LogP contribution is 2.51. The first kappa shape index (κ1) is 27.9. The van der Waals surface area contributed by atoms with Crippen LogP contribution in [0.4, 0.5) is 0 Å². The molecule has 5 N–H and O–H groups in total. The highest BCUT2D eigenvalue weighted by atomic mass is 16.3. The molecule has 0 radical (unpaired) electrons. The molecule has 0 saturated heterocycles. The van der Waals surface area contributed by atoms with E-state index >= 15 is 0 Å². The van der Waals surface area contributed by atoms with Crippen LogP contribution in [-0.4, -0.2) is 75.9 Å². The summed E-state index contributed by atoms with van der Waals surface area (Å²) < 4.78 is 6.03. The first-order valence-electron chi connectivity index (χ1n) is 13.3. The van der Waals surface area contributed by atoms with Gasteiger partial charge >= 0.3 is 0 Å². The molecule has 40 heavy (non-hydrogen) atoms. The van der Waals surface area contributed by atoms with Crippen LogP contribution in [0.25, 0.3) is 11.3 Å². The number of likely N-dealkylation sites (N-methyl/N-ethyl adjacent to an activating group) is 1. The van der Waals surface area contributed by atoms with Crippen LogP contribution < -0.4 is 11.1 Å². The van der Waals surface area contributed by atoms with Gasteiger partial charge in [-0.3, -0.25) is 28.9 Å². The number of Topliss-reactive ketones (excluding diaryl/α,β-unsaturated/α-hetero) is 4. The highest BCUT2D eigenvalue weighted by Gasteiger charge is 2.69. The average molecular weight is 552 g/mol. The van der Waals surface area contributed by atoms with Crippen molar-refractivity contribution in [3.8, 4) is 17.1 Å². The third kappa shape index (κ3) is 4.03. The molecule has 6 atom stereocenters. The molecular weight excluding hydrogens is 518 g/mol. The van der Waals surface area contributed by atoms with Crippen LogP contribution in [0.15, 0.2) is 28.7 Å². The van der Waals surface area contributed by atoms with Gasteiger partial charge in [0.25, 0.3) is 0 Å². The molecule has 2 fully saturated rings. The summed E-state index contributed by atoms with van der Waals surface area (Å²) in [6.45, 7) is 4.52. The second kappa shape index (κ2) is 9.76. The normalized spacial score (nSPS) is 29.9. The number of carbonyl (C=O) groups excluding carboxylic acids is 5. The summed E-state index contributed by atoms with van der Waals surface area (Å²) in [6.07, 6.45) is 0.149. The summed E-state index contributed by atoms with van der Waals surface area (Å²) in [7, 11) is 3.10. The Morgan fingerprint density at radius 2 is 1.85 bits per heavy atom. The Labute approximate surface area is 230 Å². The quantitative estimate of drug-likeness (QED) is 0.372. The Balaban J connectivity index is 1.59. The van der Waals surface area contributed by atoms with Gasteiger partial charge in [-0.1, -0.05) is 13.8 Å². The van der Waals surface area contributed by atoms with Crippen molar-refractivity contribution in [2.24, 2.45) is 29.4 Å². The Hall–Kier alpha value is -3.67. The lowest BCUT2D eigenvalue weighted by Crippen LogP contribution is -2.74. The zero-order chi connectivity index (χ0) is 29.3. The standard InChI is InChI=1S/C29H33N3O8/c1-12(2)31-11-14-5-8-19(40-14)15-6-7-18(33)21-16(15)9-13-10-17-23(32(3)4)25(35)22(28(30)38)27(37)29(17,39)26(36)20(13)24(21)34/h5-8,12-13,17,20,22-23,31,33,39H,9-11H2,1-4H3,(H2,30,38)/t13-,17-,20?,22?,23-,29-/m0/s1. The topological polar surface area (TPSA) is 180 Å². The number of nitrogens with one attached hydrogen (secondary N) is 1. The van der Waals surface area contributed by atoms with Crippen LogP contribution in [0, 0.1) is 23.7 Å². The van der Waals surface area contributed by atoms with Gasteiger partial charge in [-0.2, -0.15) is 0 Å². The zero-order valence-corrected chi connectivity index (χ0v) is 22.8. The number of aromatic hydroxyl groups is 1. The number of nitrogens with zero attached hydrogens (tertiary/aromatic N) is 1. The van der Waals surface area contributed by atoms with E-state index in [0.29, 0.717) is 29.2 Å². The van der Waals surface area contributed by atoms with Crippen molar-refractivity contribution in [2.75, 3.05) is 14.1 Å². The Morgan fingerprint density at radius 1 is 1.15 bits per heavy atom. The van der Waals surface area contributed by atoms with Crippen LogP contribution in [0.2, 0.25) is 0 Å². The number of phenols is 1. The van der Waals surface area contributed by atoms with Crippen molar-refractivity contribution in [2.45, 2.75) is 50.9 Å². The largest absolute Gasteiger partial charge is 0.507 e. The van der Waals surface area contributed by atoms with Crippen LogP contribution in [-0.2, 0) is 32.1 Å². The fourth-order valence-corrected chi connectivity index (χ4v) is 6.76. The fourth-order valence-electron chi connectivity index (χ4n) is 6.76. The van der Waals surface area contributed by atoms with Crippen molar-refractivity contribution in [3.63, 3.8) is 0 Å². The van der Waals surface area contributed by atoms with Crippen LogP contribution >= 0.6 is 0 Å². The summed E-state index contributed by atoms with van der Waals surface area (Å²) in [6, 6.07) is 5.69. The number of hydrogen-bond donors (Lipinski definition) is 4. The monoisotopic (exact) mass is 551 g/mol. The Kier molecular flexibility index (Phi) is 6.80. The molecule has 3 aliphatic rings. The van der Waals surface area contributed by atoms with E-state index in [-0.39, 0.29) is 30.2 Å². The van der Waals surface area contributed by atoms with Gasteiger partial charge in [0.15, 0.2) is 34.7 Å². The van der Waals surface area contributed by atoms with Gasteiger partial charge in [0, 0.05) is 17.5 Å². The molecule has 2 unspecified atom stereocenters. The number of nitrogens with two attached hydrogens (primary N) is 1. The minimum Gasteiger partial charge on any atom is -0.507 e. The summed E-state index contributed by atoms with van der Waals surface area (Å²) >= 11 is 0.